The van der Waals surface area contributed by atoms with Crippen molar-refractivity contribution in [1.29, 1.82) is 0 Å². The first-order valence-corrected chi connectivity index (χ1v) is 9.11. The van der Waals surface area contributed by atoms with Gasteiger partial charge in [0.15, 0.2) is 0 Å². The summed E-state index contributed by atoms with van der Waals surface area (Å²) in [5.41, 5.74) is 4.70. The lowest BCUT2D eigenvalue weighted by molar-refractivity contribution is -0.124. The summed E-state index contributed by atoms with van der Waals surface area (Å²) in [6, 6.07) is 9.04. The van der Waals surface area contributed by atoms with Crippen molar-refractivity contribution in [3.63, 3.8) is 0 Å². The zero-order chi connectivity index (χ0) is 19.1. The van der Waals surface area contributed by atoms with Gasteiger partial charge in [-0.3, -0.25) is 19.9 Å². The number of carbonyl (C=O) groups excluding carboxylic acids is 1. The molecule has 3 N–H and O–H groups in total. The summed E-state index contributed by atoms with van der Waals surface area (Å²) in [6.07, 6.45) is 8.19. The van der Waals surface area contributed by atoms with E-state index in [9.17, 15) is 4.79 Å². The Morgan fingerprint density at radius 1 is 1.24 bits per heavy atom. The van der Waals surface area contributed by atoms with Gasteiger partial charge in [-0.25, -0.2) is 10.5 Å². The van der Waals surface area contributed by atoms with Crippen LogP contribution in [-0.4, -0.2) is 45.1 Å². The van der Waals surface area contributed by atoms with Crippen LogP contribution in [0.4, 0.5) is 5.82 Å². The van der Waals surface area contributed by atoms with Crippen molar-refractivity contribution in [1.82, 2.24) is 20.3 Å². The Balaban J connectivity index is 0.00000210. The van der Waals surface area contributed by atoms with Crippen molar-refractivity contribution in [3.05, 3.63) is 59.6 Å². The fourth-order valence-electron chi connectivity index (χ4n) is 3.17. The first kappa shape index (κ1) is 24.8. The Labute approximate surface area is 183 Å². The fourth-order valence-corrected chi connectivity index (χ4v) is 3.17. The molecule has 1 amide bonds. The van der Waals surface area contributed by atoms with Gasteiger partial charge in [0.25, 0.3) is 5.91 Å². The molecule has 7 nitrogen and oxygen atoms in total. The highest BCUT2D eigenvalue weighted by Gasteiger charge is 2.20. The average molecular weight is 440 g/mol. The number of likely N-dealkylation sites (tertiary alicyclic amines) is 1. The van der Waals surface area contributed by atoms with Crippen molar-refractivity contribution in [2.75, 3.05) is 18.4 Å². The Bertz CT molecular complexity index is 784. The predicted octanol–water partition coefficient (Wildman–Crippen LogP) is 3.22. The number of anilines is 1. The van der Waals surface area contributed by atoms with Gasteiger partial charge in [0, 0.05) is 25.2 Å². The molecule has 0 spiro atoms. The summed E-state index contributed by atoms with van der Waals surface area (Å²) >= 11 is 0. The molecule has 9 heteroatoms. The molecule has 0 aliphatic carbocycles. The van der Waals surface area contributed by atoms with Crippen molar-refractivity contribution >= 4 is 42.6 Å². The number of rotatable bonds is 6. The summed E-state index contributed by atoms with van der Waals surface area (Å²) in [5, 5.41) is 11.9. The Hall–Kier alpha value is -2.19. The molecule has 158 valence electrons. The van der Waals surface area contributed by atoms with Crippen LogP contribution < -0.4 is 10.8 Å². The standard InChI is InChI=1S/C20H25N5O2.2ClH/c1-15-4-6-16(7-5-15)13-25-10-2-3-18(14-25)23-19-12-21-17(11-22-19)8-9-20(26)24-27;;/h4-9,11-12,18,27H,2-3,10,13-14H2,1H3,(H,22,23)(H,24,26);2*1H/t18-;;/m1../s1. The molecule has 1 aliphatic rings. The van der Waals surface area contributed by atoms with E-state index in [1.54, 1.807) is 12.4 Å². The molecular weight excluding hydrogens is 413 g/mol. The predicted molar refractivity (Wildman–Crippen MR) is 119 cm³/mol. The third-order valence-electron chi connectivity index (χ3n) is 4.57. The van der Waals surface area contributed by atoms with Crippen LogP contribution >= 0.6 is 24.8 Å². The second kappa shape index (κ2) is 12.4. The molecule has 0 unspecified atom stereocenters. The number of piperidine rings is 1. The molecule has 0 bridgehead atoms. The minimum absolute atomic E-state index is 0. The molecule has 2 aromatic rings. The zero-order valence-corrected chi connectivity index (χ0v) is 17.9. The maximum Gasteiger partial charge on any atom is 0.267 e. The van der Waals surface area contributed by atoms with Gasteiger partial charge in [0.1, 0.15) is 5.82 Å². The van der Waals surface area contributed by atoms with Gasteiger partial charge < -0.3 is 5.32 Å². The van der Waals surface area contributed by atoms with E-state index in [-0.39, 0.29) is 24.8 Å². The number of nitrogens with zero attached hydrogens (tertiary/aromatic N) is 3. The molecule has 1 atom stereocenters. The number of hydrogen-bond acceptors (Lipinski definition) is 6. The molecule has 2 heterocycles. The van der Waals surface area contributed by atoms with Crippen LogP contribution in [0, 0.1) is 6.92 Å². The van der Waals surface area contributed by atoms with Crippen LogP contribution in [0.5, 0.6) is 0 Å². The van der Waals surface area contributed by atoms with Gasteiger partial charge in [-0.05, 0) is 37.9 Å². The van der Waals surface area contributed by atoms with Gasteiger partial charge in [0.05, 0.1) is 18.1 Å². The van der Waals surface area contributed by atoms with Gasteiger partial charge in [-0.1, -0.05) is 29.8 Å². The van der Waals surface area contributed by atoms with Gasteiger partial charge in [-0.2, -0.15) is 0 Å². The van der Waals surface area contributed by atoms with Crippen molar-refractivity contribution < 1.29 is 10.0 Å². The number of benzene rings is 1. The number of hydroxylamine groups is 1. The third kappa shape index (κ3) is 7.98. The van der Waals surface area contributed by atoms with E-state index in [0.717, 1.165) is 38.3 Å². The molecular formula is C20H27Cl2N5O2. The second-order valence-corrected chi connectivity index (χ2v) is 6.84. The summed E-state index contributed by atoms with van der Waals surface area (Å²) < 4.78 is 0. The number of aromatic nitrogens is 2. The van der Waals surface area contributed by atoms with E-state index in [0.29, 0.717) is 11.7 Å². The first-order chi connectivity index (χ1) is 13.1. The summed E-state index contributed by atoms with van der Waals surface area (Å²) in [5.74, 6) is 0.121. The Morgan fingerprint density at radius 2 is 2.00 bits per heavy atom. The maximum atomic E-state index is 11.0. The van der Waals surface area contributed by atoms with Gasteiger partial charge in [0.2, 0.25) is 0 Å². The number of carbonyl (C=O) groups is 1. The molecule has 29 heavy (non-hydrogen) atoms. The number of amides is 1. The van der Waals surface area contributed by atoms with Gasteiger partial charge >= 0.3 is 0 Å². The Kier molecular flexibility index (Phi) is 10.6. The van der Waals surface area contributed by atoms with Crippen molar-refractivity contribution in [2.24, 2.45) is 0 Å². The lowest BCUT2D eigenvalue weighted by Gasteiger charge is -2.33. The summed E-state index contributed by atoms with van der Waals surface area (Å²) in [6.45, 7) is 5.14. The molecule has 0 radical (unpaired) electrons. The molecule has 1 aromatic heterocycles. The molecule has 1 saturated heterocycles. The second-order valence-electron chi connectivity index (χ2n) is 6.84. The third-order valence-corrected chi connectivity index (χ3v) is 4.57. The molecule has 1 aliphatic heterocycles. The number of halogens is 2. The van der Waals surface area contributed by atoms with Crippen molar-refractivity contribution in [2.45, 2.75) is 32.4 Å². The summed E-state index contributed by atoms with van der Waals surface area (Å²) in [4.78, 5) is 22.1. The number of hydrogen-bond donors (Lipinski definition) is 3. The first-order valence-electron chi connectivity index (χ1n) is 9.11. The molecule has 1 fully saturated rings. The van der Waals surface area contributed by atoms with E-state index >= 15 is 0 Å². The normalized spacial score (nSPS) is 16.6. The highest BCUT2D eigenvalue weighted by atomic mass is 35.5. The largest absolute Gasteiger partial charge is 0.365 e. The maximum absolute atomic E-state index is 11.0. The molecule has 3 rings (SSSR count). The summed E-state index contributed by atoms with van der Waals surface area (Å²) in [7, 11) is 0. The van der Waals surface area contributed by atoms with Gasteiger partial charge in [-0.15, -0.1) is 24.8 Å². The highest BCUT2D eigenvalue weighted by molar-refractivity contribution is 5.90. The van der Waals surface area contributed by atoms with E-state index in [1.807, 2.05) is 0 Å². The van der Waals surface area contributed by atoms with E-state index in [2.05, 4.69) is 51.4 Å². The highest BCUT2D eigenvalue weighted by Crippen LogP contribution is 2.17. The lowest BCUT2D eigenvalue weighted by atomic mass is 10.0. The van der Waals surface area contributed by atoms with E-state index in [4.69, 9.17) is 5.21 Å². The van der Waals surface area contributed by atoms with Crippen LogP contribution in [-0.2, 0) is 11.3 Å². The van der Waals surface area contributed by atoms with E-state index in [1.165, 1.54) is 28.8 Å². The molecule has 1 aromatic carbocycles. The quantitative estimate of drug-likeness (QED) is 0.363. The average Bonchev–Trinajstić information content (AvgIpc) is 2.69. The minimum Gasteiger partial charge on any atom is -0.365 e. The number of aryl methyl sites for hydroxylation is 1. The zero-order valence-electron chi connectivity index (χ0n) is 16.2. The van der Waals surface area contributed by atoms with Crippen LogP contribution in [0.1, 0.15) is 29.7 Å². The Morgan fingerprint density at radius 3 is 2.66 bits per heavy atom. The fraction of sp³-hybridized carbons (Fsp3) is 0.350. The SMILES string of the molecule is Cc1ccc(CN2CCC[C@@H](Nc3cnc(C=CC(=O)NO)cn3)C2)cc1.Cl.Cl. The van der Waals surface area contributed by atoms with E-state index < -0.39 is 5.91 Å². The van der Waals surface area contributed by atoms with Crippen molar-refractivity contribution in [3.8, 4) is 0 Å². The topological polar surface area (TPSA) is 90.4 Å². The minimum atomic E-state index is -0.602. The molecule has 0 saturated carbocycles. The van der Waals surface area contributed by atoms with Crippen LogP contribution in [0.3, 0.4) is 0 Å². The number of nitrogens with one attached hydrogen (secondary N) is 2. The van der Waals surface area contributed by atoms with Crippen LogP contribution in [0.15, 0.2) is 42.7 Å². The lowest BCUT2D eigenvalue weighted by Crippen LogP contribution is -2.41. The monoisotopic (exact) mass is 439 g/mol. The van der Waals surface area contributed by atoms with Crippen LogP contribution in [0.2, 0.25) is 0 Å². The van der Waals surface area contributed by atoms with Crippen LogP contribution in [0.25, 0.3) is 6.08 Å². The smallest absolute Gasteiger partial charge is 0.267 e.